The molecular weight excluding hydrogens is 381 g/mol. The third kappa shape index (κ3) is 2.68. The van der Waals surface area contributed by atoms with E-state index in [1.54, 1.807) is 0 Å². The summed E-state index contributed by atoms with van der Waals surface area (Å²) in [4.78, 5) is 0. The zero-order valence-corrected chi connectivity index (χ0v) is 14.3. The van der Waals surface area contributed by atoms with E-state index in [0.717, 1.165) is 32.7 Å². The fourth-order valence-corrected chi connectivity index (χ4v) is 2.78. The molecule has 1 aliphatic heterocycles. The molecule has 0 radical (unpaired) electrons. The van der Waals surface area contributed by atoms with E-state index in [1.165, 1.54) is 0 Å². The molecule has 2 aromatic rings. The van der Waals surface area contributed by atoms with Crippen molar-refractivity contribution in [1.82, 2.24) is 9.78 Å². The van der Waals surface area contributed by atoms with E-state index in [9.17, 15) is 0 Å². The van der Waals surface area contributed by atoms with Crippen molar-refractivity contribution in [2.45, 2.75) is 26.3 Å². The lowest BCUT2D eigenvalue weighted by atomic mass is 10.1. The van der Waals surface area contributed by atoms with Gasteiger partial charge in [-0.05, 0) is 54.1 Å². The second-order valence-corrected chi connectivity index (χ2v) is 6.24. The first-order valence-electron chi connectivity index (χ1n) is 6.97. The molecule has 1 atom stereocenters. The molecule has 0 aliphatic carbocycles. The molecular formula is C15H18IN3O2. The van der Waals surface area contributed by atoms with Gasteiger partial charge in [-0.1, -0.05) is 6.07 Å². The second-order valence-electron chi connectivity index (χ2n) is 5.16. The Morgan fingerprint density at radius 3 is 2.67 bits per heavy atom. The highest BCUT2D eigenvalue weighted by atomic mass is 127. The second kappa shape index (κ2) is 5.75. The van der Waals surface area contributed by atoms with Crippen LogP contribution >= 0.6 is 22.6 Å². The number of nitrogen functional groups attached to an aromatic ring is 1. The van der Waals surface area contributed by atoms with Gasteiger partial charge in [0.1, 0.15) is 5.82 Å². The minimum absolute atomic E-state index is 0.0457. The lowest BCUT2D eigenvalue weighted by molar-refractivity contribution is 0.297. The number of halogens is 1. The summed E-state index contributed by atoms with van der Waals surface area (Å²) in [6.07, 6.45) is 0.906. The SMILES string of the molecule is Cc1nn(C(C)c2ccc3c(c2)OCCCO3)c(N)c1I. The Balaban J connectivity index is 1.96. The van der Waals surface area contributed by atoms with Crippen LogP contribution in [-0.4, -0.2) is 23.0 Å². The van der Waals surface area contributed by atoms with Gasteiger partial charge in [0.05, 0.1) is 28.5 Å². The zero-order chi connectivity index (χ0) is 15.0. The monoisotopic (exact) mass is 399 g/mol. The van der Waals surface area contributed by atoms with E-state index in [4.69, 9.17) is 15.2 Å². The van der Waals surface area contributed by atoms with E-state index < -0.39 is 0 Å². The molecule has 1 aromatic heterocycles. The van der Waals surface area contributed by atoms with Crippen molar-refractivity contribution in [3.63, 3.8) is 0 Å². The molecule has 0 saturated carbocycles. The van der Waals surface area contributed by atoms with Gasteiger partial charge in [0.25, 0.3) is 0 Å². The summed E-state index contributed by atoms with van der Waals surface area (Å²) in [5.74, 6) is 2.31. The molecule has 2 heterocycles. The molecule has 0 amide bonds. The number of hydrogen-bond donors (Lipinski definition) is 1. The number of benzene rings is 1. The average Bonchev–Trinajstić information content (AvgIpc) is 2.70. The minimum atomic E-state index is 0.0457. The van der Waals surface area contributed by atoms with Crippen molar-refractivity contribution >= 4 is 28.4 Å². The number of aryl methyl sites for hydroxylation is 1. The third-order valence-corrected chi connectivity index (χ3v) is 5.00. The Bertz CT molecular complexity index is 669. The third-order valence-electron chi connectivity index (χ3n) is 3.67. The quantitative estimate of drug-likeness (QED) is 0.789. The Morgan fingerprint density at radius 2 is 2.00 bits per heavy atom. The number of fused-ring (bicyclic) bond motifs is 1. The topological polar surface area (TPSA) is 62.3 Å². The van der Waals surface area contributed by atoms with Gasteiger partial charge < -0.3 is 15.2 Å². The molecule has 112 valence electrons. The van der Waals surface area contributed by atoms with Crippen LogP contribution in [0.4, 0.5) is 5.82 Å². The van der Waals surface area contributed by atoms with E-state index in [-0.39, 0.29) is 6.04 Å². The highest BCUT2D eigenvalue weighted by Crippen LogP contribution is 2.34. The molecule has 1 unspecified atom stereocenters. The molecule has 21 heavy (non-hydrogen) atoms. The first-order chi connectivity index (χ1) is 10.1. The summed E-state index contributed by atoms with van der Waals surface area (Å²) in [5.41, 5.74) is 8.20. The molecule has 1 aliphatic rings. The molecule has 0 spiro atoms. The van der Waals surface area contributed by atoms with Gasteiger partial charge in [0.15, 0.2) is 11.5 Å². The maximum atomic E-state index is 6.14. The smallest absolute Gasteiger partial charge is 0.161 e. The van der Waals surface area contributed by atoms with Gasteiger partial charge in [-0.25, -0.2) is 4.68 Å². The maximum absolute atomic E-state index is 6.14. The van der Waals surface area contributed by atoms with Gasteiger partial charge in [0, 0.05) is 6.42 Å². The fourth-order valence-electron chi connectivity index (χ4n) is 2.42. The largest absolute Gasteiger partial charge is 0.490 e. The van der Waals surface area contributed by atoms with Crippen LogP contribution in [0.2, 0.25) is 0 Å². The van der Waals surface area contributed by atoms with Crippen molar-refractivity contribution in [1.29, 1.82) is 0 Å². The Labute approximate surface area is 137 Å². The van der Waals surface area contributed by atoms with Crippen molar-refractivity contribution in [2.24, 2.45) is 0 Å². The Hall–Kier alpha value is -1.44. The van der Waals surface area contributed by atoms with Gasteiger partial charge in [-0.15, -0.1) is 0 Å². The molecule has 2 N–H and O–H groups in total. The summed E-state index contributed by atoms with van der Waals surface area (Å²) in [6.45, 7) is 5.44. The van der Waals surface area contributed by atoms with Crippen LogP contribution in [0, 0.1) is 10.5 Å². The van der Waals surface area contributed by atoms with Crippen LogP contribution < -0.4 is 15.2 Å². The van der Waals surface area contributed by atoms with Crippen LogP contribution in [0.25, 0.3) is 0 Å². The van der Waals surface area contributed by atoms with Crippen LogP contribution in [-0.2, 0) is 0 Å². The average molecular weight is 399 g/mol. The standard InChI is InChI=1S/C15H18IN3O2/c1-9-14(16)15(17)19(18-9)10(2)11-4-5-12-13(8-11)21-7-3-6-20-12/h4-5,8,10H,3,6-7,17H2,1-2H3. The van der Waals surface area contributed by atoms with Crippen molar-refractivity contribution in [3.8, 4) is 11.5 Å². The van der Waals surface area contributed by atoms with Crippen molar-refractivity contribution < 1.29 is 9.47 Å². The Kier molecular flexibility index (Phi) is 3.97. The number of ether oxygens (including phenoxy) is 2. The van der Waals surface area contributed by atoms with E-state index >= 15 is 0 Å². The number of rotatable bonds is 2. The Morgan fingerprint density at radius 1 is 1.29 bits per heavy atom. The van der Waals surface area contributed by atoms with E-state index in [2.05, 4.69) is 34.6 Å². The molecule has 1 aromatic carbocycles. The number of aromatic nitrogens is 2. The summed E-state index contributed by atoms with van der Waals surface area (Å²) < 4.78 is 14.3. The van der Waals surface area contributed by atoms with E-state index in [0.29, 0.717) is 19.0 Å². The van der Waals surface area contributed by atoms with Crippen LogP contribution in [0.5, 0.6) is 11.5 Å². The lowest BCUT2D eigenvalue weighted by Crippen LogP contribution is -2.12. The van der Waals surface area contributed by atoms with Crippen molar-refractivity contribution in [2.75, 3.05) is 18.9 Å². The number of hydrogen-bond acceptors (Lipinski definition) is 4. The van der Waals surface area contributed by atoms with Crippen LogP contribution in [0.1, 0.15) is 30.6 Å². The first kappa shape index (κ1) is 14.5. The maximum Gasteiger partial charge on any atom is 0.161 e. The van der Waals surface area contributed by atoms with Gasteiger partial charge >= 0.3 is 0 Å². The molecule has 0 fully saturated rings. The summed E-state index contributed by atoms with van der Waals surface area (Å²) in [5, 5.41) is 4.53. The highest BCUT2D eigenvalue weighted by Gasteiger charge is 2.19. The first-order valence-corrected chi connectivity index (χ1v) is 8.05. The highest BCUT2D eigenvalue weighted by molar-refractivity contribution is 14.1. The van der Waals surface area contributed by atoms with Gasteiger partial charge in [-0.2, -0.15) is 5.10 Å². The predicted molar refractivity (Wildman–Crippen MR) is 90.0 cm³/mol. The molecule has 3 rings (SSSR count). The van der Waals surface area contributed by atoms with Gasteiger partial charge in [0.2, 0.25) is 0 Å². The van der Waals surface area contributed by atoms with E-state index in [1.807, 2.05) is 29.8 Å². The number of nitrogens with two attached hydrogens (primary N) is 1. The summed E-state index contributed by atoms with van der Waals surface area (Å²) in [6, 6.07) is 6.07. The van der Waals surface area contributed by atoms with Crippen LogP contribution in [0.3, 0.4) is 0 Å². The van der Waals surface area contributed by atoms with Crippen molar-refractivity contribution in [3.05, 3.63) is 33.0 Å². The molecule has 6 heteroatoms. The van der Waals surface area contributed by atoms with Gasteiger partial charge in [-0.3, -0.25) is 0 Å². The van der Waals surface area contributed by atoms with Crippen LogP contribution in [0.15, 0.2) is 18.2 Å². The lowest BCUT2D eigenvalue weighted by Gasteiger charge is -2.16. The predicted octanol–water partition coefficient (Wildman–Crippen LogP) is 3.15. The summed E-state index contributed by atoms with van der Waals surface area (Å²) in [7, 11) is 0. The fraction of sp³-hybridized carbons (Fsp3) is 0.400. The normalized spacial score (nSPS) is 15.6. The minimum Gasteiger partial charge on any atom is -0.490 e. The molecule has 0 bridgehead atoms. The molecule has 5 nitrogen and oxygen atoms in total. The summed E-state index contributed by atoms with van der Waals surface area (Å²) >= 11 is 2.23. The number of nitrogens with zero attached hydrogens (tertiary/aromatic N) is 2. The molecule has 0 saturated heterocycles. The number of anilines is 1. The zero-order valence-electron chi connectivity index (χ0n) is 12.1.